The van der Waals surface area contributed by atoms with Gasteiger partial charge in [0.1, 0.15) is 17.2 Å². The van der Waals surface area contributed by atoms with Gasteiger partial charge < -0.3 is 14.8 Å². The molecular weight excluding hydrogens is 354 g/mol. The van der Waals surface area contributed by atoms with Gasteiger partial charge >= 0.3 is 0 Å². The first-order valence-corrected chi connectivity index (χ1v) is 8.71. The Balaban J connectivity index is 1.71. The number of rotatable bonds is 5. The van der Waals surface area contributed by atoms with Crippen molar-refractivity contribution in [2.75, 3.05) is 20.8 Å². The number of aromatic nitrogens is 2. The quantitative estimate of drug-likeness (QED) is 0.697. The third kappa shape index (κ3) is 4.15. The summed E-state index contributed by atoms with van der Waals surface area (Å²) in [4.78, 5) is 12.5. The average Bonchev–Trinajstić information content (AvgIpc) is 3.12. The third-order valence-electron chi connectivity index (χ3n) is 4.16. The van der Waals surface area contributed by atoms with Crippen molar-refractivity contribution in [3.05, 3.63) is 65.9 Å². The summed E-state index contributed by atoms with van der Waals surface area (Å²) in [6.45, 7) is 0.214. The summed E-state index contributed by atoms with van der Waals surface area (Å²) in [5, 5.41) is 7.23. The monoisotopic (exact) mass is 375 g/mol. The van der Waals surface area contributed by atoms with Crippen LogP contribution in [0.2, 0.25) is 0 Å². The number of nitrogens with zero attached hydrogens (tertiary/aromatic N) is 2. The number of carbonyl (C=O) groups excluding carboxylic acids is 1. The van der Waals surface area contributed by atoms with Crippen molar-refractivity contribution in [1.29, 1.82) is 0 Å². The third-order valence-corrected chi connectivity index (χ3v) is 4.16. The van der Waals surface area contributed by atoms with E-state index in [0.29, 0.717) is 22.9 Å². The van der Waals surface area contributed by atoms with E-state index in [1.807, 2.05) is 48.5 Å². The van der Waals surface area contributed by atoms with E-state index >= 15 is 0 Å². The van der Waals surface area contributed by atoms with Crippen molar-refractivity contribution < 1.29 is 14.3 Å². The Hall–Kier alpha value is -3.72. The molecular formula is C22H21N3O3. The molecule has 1 N–H and O–H groups in total. The van der Waals surface area contributed by atoms with Crippen LogP contribution in [0.15, 0.2) is 54.6 Å². The smallest absolute Gasteiger partial charge is 0.270 e. The van der Waals surface area contributed by atoms with Crippen LogP contribution in [0.3, 0.4) is 0 Å². The lowest BCUT2D eigenvalue weighted by atomic mass is 10.1. The fourth-order valence-electron chi connectivity index (χ4n) is 2.77. The highest BCUT2D eigenvalue weighted by Crippen LogP contribution is 2.28. The van der Waals surface area contributed by atoms with E-state index in [0.717, 1.165) is 11.1 Å². The lowest BCUT2D eigenvalue weighted by Crippen LogP contribution is -2.25. The number of methoxy groups -OCH3 is 2. The van der Waals surface area contributed by atoms with Gasteiger partial charge in [-0.05, 0) is 30.3 Å². The second-order valence-corrected chi connectivity index (χ2v) is 5.92. The zero-order valence-electron chi connectivity index (χ0n) is 16.0. The first kappa shape index (κ1) is 19.1. The molecule has 142 valence electrons. The Kier molecular flexibility index (Phi) is 5.97. The number of nitrogens with one attached hydrogen (secondary N) is 1. The predicted octanol–water partition coefficient (Wildman–Crippen LogP) is 2.89. The lowest BCUT2D eigenvalue weighted by Gasteiger charge is -2.04. The minimum atomic E-state index is -0.245. The van der Waals surface area contributed by atoms with Crippen LogP contribution in [-0.4, -0.2) is 36.5 Å². The fourth-order valence-corrected chi connectivity index (χ4v) is 2.77. The molecule has 6 nitrogen and oxygen atoms in total. The van der Waals surface area contributed by atoms with E-state index < -0.39 is 0 Å². The van der Waals surface area contributed by atoms with Gasteiger partial charge in [-0.2, -0.15) is 5.10 Å². The van der Waals surface area contributed by atoms with Crippen LogP contribution < -0.4 is 14.8 Å². The van der Waals surface area contributed by atoms with Gasteiger partial charge in [-0.3, -0.25) is 9.48 Å². The maximum Gasteiger partial charge on any atom is 0.270 e. The molecule has 0 radical (unpaired) electrons. The number of carbonyl (C=O) groups is 1. The second kappa shape index (κ2) is 8.78. The first-order valence-electron chi connectivity index (χ1n) is 8.71. The molecule has 0 fully saturated rings. The van der Waals surface area contributed by atoms with E-state index in [9.17, 15) is 4.79 Å². The average molecular weight is 375 g/mol. The number of hydrogen-bond acceptors (Lipinski definition) is 4. The molecule has 0 aliphatic rings. The normalized spacial score (nSPS) is 9.96. The van der Waals surface area contributed by atoms with Gasteiger partial charge in [-0.15, -0.1) is 0 Å². The summed E-state index contributed by atoms with van der Waals surface area (Å²) in [6, 6.07) is 16.8. The molecule has 3 aromatic rings. The molecule has 0 aliphatic heterocycles. The molecule has 6 heteroatoms. The maximum absolute atomic E-state index is 12.5. The van der Waals surface area contributed by atoms with E-state index in [-0.39, 0.29) is 12.5 Å². The number of hydrogen-bond donors (Lipinski definition) is 1. The highest BCUT2D eigenvalue weighted by atomic mass is 16.5. The van der Waals surface area contributed by atoms with Crippen LogP contribution in [0.5, 0.6) is 11.5 Å². The standard InChI is InChI=1S/C22H21N3O3/c1-25-19(15-18(24-25)17-11-5-7-13-21(17)28-3)22(26)23-14-8-10-16-9-4-6-12-20(16)27-2/h4-7,9,11-13,15H,14H2,1-3H3,(H,23,26). The zero-order chi connectivity index (χ0) is 19.9. The summed E-state index contributed by atoms with van der Waals surface area (Å²) in [5.41, 5.74) is 2.72. The van der Waals surface area contributed by atoms with Crippen molar-refractivity contribution in [3.63, 3.8) is 0 Å². The van der Waals surface area contributed by atoms with Crippen molar-refractivity contribution in [2.24, 2.45) is 7.05 Å². The molecule has 0 saturated heterocycles. The largest absolute Gasteiger partial charge is 0.496 e. The number of ether oxygens (including phenoxy) is 2. The minimum Gasteiger partial charge on any atom is -0.496 e. The topological polar surface area (TPSA) is 65.4 Å². The van der Waals surface area contributed by atoms with Gasteiger partial charge in [0.05, 0.1) is 32.0 Å². The van der Waals surface area contributed by atoms with Crippen molar-refractivity contribution in [3.8, 4) is 34.6 Å². The highest BCUT2D eigenvalue weighted by molar-refractivity contribution is 5.94. The maximum atomic E-state index is 12.5. The summed E-state index contributed by atoms with van der Waals surface area (Å²) < 4.78 is 12.2. The number of para-hydroxylation sites is 2. The summed E-state index contributed by atoms with van der Waals surface area (Å²) in [5.74, 6) is 7.11. The van der Waals surface area contributed by atoms with E-state index in [1.165, 1.54) is 0 Å². The first-order chi connectivity index (χ1) is 13.6. The number of aryl methyl sites for hydroxylation is 1. The Morgan fingerprint density at radius 1 is 1.07 bits per heavy atom. The second-order valence-electron chi connectivity index (χ2n) is 5.92. The minimum absolute atomic E-state index is 0.214. The Labute approximate surface area is 164 Å². The SMILES string of the molecule is COc1ccccc1C#CCNC(=O)c1cc(-c2ccccc2OC)nn1C. The van der Waals surface area contributed by atoms with Crippen LogP contribution in [0.25, 0.3) is 11.3 Å². The van der Waals surface area contributed by atoms with Crippen molar-refractivity contribution in [2.45, 2.75) is 0 Å². The van der Waals surface area contributed by atoms with Crippen LogP contribution in [0, 0.1) is 11.8 Å². The van der Waals surface area contributed by atoms with E-state index in [2.05, 4.69) is 22.3 Å². The summed E-state index contributed by atoms with van der Waals surface area (Å²) >= 11 is 0. The highest BCUT2D eigenvalue weighted by Gasteiger charge is 2.15. The van der Waals surface area contributed by atoms with Gasteiger partial charge in [0.15, 0.2) is 0 Å². The Morgan fingerprint density at radius 2 is 1.75 bits per heavy atom. The lowest BCUT2D eigenvalue weighted by molar-refractivity contribution is 0.0949. The van der Waals surface area contributed by atoms with Gasteiger partial charge in [0.25, 0.3) is 5.91 Å². The molecule has 1 aromatic heterocycles. The number of benzene rings is 2. The van der Waals surface area contributed by atoms with Gasteiger partial charge in [-0.25, -0.2) is 0 Å². The molecule has 0 bridgehead atoms. The fraction of sp³-hybridized carbons (Fsp3) is 0.182. The molecule has 0 aliphatic carbocycles. The Bertz CT molecular complexity index is 1040. The summed E-state index contributed by atoms with van der Waals surface area (Å²) in [6.07, 6.45) is 0. The van der Waals surface area contributed by atoms with Crippen molar-refractivity contribution >= 4 is 5.91 Å². The molecule has 1 heterocycles. The number of amides is 1. The van der Waals surface area contributed by atoms with Crippen LogP contribution in [0.1, 0.15) is 16.1 Å². The van der Waals surface area contributed by atoms with Crippen molar-refractivity contribution in [1.82, 2.24) is 15.1 Å². The van der Waals surface area contributed by atoms with Crippen LogP contribution in [-0.2, 0) is 7.05 Å². The molecule has 0 spiro atoms. The molecule has 0 unspecified atom stereocenters. The molecule has 2 aromatic carbocycles. The van der Waals surface area contributed by atoms with Gasteiger partial charge in [-0.1, -0.05) is 36.1 Å². The zero-order valence-corrected chi connectivity index (χ0v) is 16.0. The molecule has 1 amide bonds. The molecule has 0 saturated carbocycles. The predicted molar refractivity (Wildman–Crippen MR) is 107 cm³/mol. The molecule has 0 atom stereocenters. The van der Waals surface area contributed by atoms with E-state index in [1.54, 1.807) is 32.0 Å². The van der Waals surface area contributed by atoms with Crippen LogP contribution >= 0.6 is 0 Å². The van der Waals surface area contributed by atoms with Gasteiger partial charge in [0, 0.05) is 12.6 Å². The molecule has 28 heavy (non-hydrogen) atoms. The molecule has 3 rings (SSSR count). The summed E-state index contributed by atoms with van der Waals surface area (Å²) in [7, 11) is 4.94. The van der Waals surface area contributed by atoms with Gasteiger partial charge in [0.2, 0.25) is 0 Å². The van der Waals surface area contributed by atoms with Crippen LogP contribution in [0.4, 0.5) is 0 Å². The van der Waals surface area contributed by atoms with E-state index in [4.69, 9.17) is 9.47 Å². The Morgan fingerprint density at radius 3 is 2.50 bits per heavy atom.